The van der Waals surface area contributed by atoms with Gasteiger partial charge in [-0.05, 0) is 263 Å². The fraction of sp³-hybridized carbons (Fsp3) is 0. The van der Waals surface area contributed by atoms with Crippen molar-refractivity contribution in [1.29, 1.82) is 0 Å². The van der Waals surface area contributed by atoms with Crippen molar-refractivity contribution in [3.05, 3.63) is 522 Å². The molecule has 0 aliphatic rings. The second kappa shape index (κ2) is 36.5. The quantitative estimate of drug-likeness (QED) is 0.0862. The lowest BCUT2D eigenvalue weighted by molar-refractivity contribution is 0.620. The van der Waals surface area contributed by atoms with Crippen LogP contribution in [0.15, 0.2) is 544 Å². The van der Waals surface area contributed by atoms with E-state index in [1.54, 1.807) is 0 Å². The number of para-hydroxylation sites is 3. The van der Waals surface area contributed by atoms with Crippen LogP contribution in [0.2, 0.25) is 0 Å². The third-order valence-corrected chi connectivity index (χ3v) is 28.0. The number of furan rings is 2. The Balaban J connectivity index is 0.000000109. The zero-order valence-electron chi connectivity index (χ0n) is 78.9. The molecule has 5 heterocycles. The summed E-state index contributed by atoms with van der Waals surface area (Å²) in [7, 11) is 0. The zero-order valence-corrected chi connectivity index (χ0v) is 78.9. The van der Waals surface area contributed by atoms with Crippen molar-refractivity contribution in [2.75, 3.05) is 14.7 Å². The summed E-state index contributed by atoms with van der Waals surface area (Å²) in [5, 5.41) is 17.6. The van der Waals surface area contributed by atoms with Gasteiger partial charge in [0.1, 0.15) is 33.3 Å². The fourth-order valence-electron chi connectivity index (χ4n) is 21.0. The SMILES string of the molecule is c1ccc(-c2ccc(N(c3ccc(-c4ccccc4)cc3)c3ccc4ccc5ccc6oc(-c7ccccc7)nc6c5c4c3)cc2)cc1.c1ccc(-c2cccc(N(c3ccc4ccc5ccc6nc(-c7ccccc7)oc6c5c4c3)c3cccc4c3oc3ccccc34)c2)cc1.c1ccc(-c2cccc(N(c3ccc4ccc5ccc6nc(-c7ccccc7)oc6c5c4c3)c3cccc4oc5ccccc5c34)c2)cc1. The third kappa shape index (κ3) is 15.7. The molecular formula is C135H86N6O5. The Hall–Kier alpha value is -19.8. The second-order valence-electron chi connectivity index (χ2n) is 36.8. The first-order valence-electron chi connectivity index (χ1n) is 49.1. The third-order valence-electron chi connectivity index (χ3n) is 28.0. The molecule has 0 radical (unpaired) electrons. The molecule has 0 saturated carbocycles. The van der Waals surface area contributed by atoms with Gasteiger partial charge in [0.2, 0.25) is 17.7 Å². The first-order chi connectivity index (χ1) is 72.3. The molecule has 0 bridgehead atoms. The maximum atomic E-state index is 6.62. The highest BCUT2D eigenvalue weighted by molar-refractivity contribution is 6.23. The molecule has 146 heavy (non-hydrogen) atoms. The Kier molecular flexibility index (Phi) is 21.3. The van der Waals surface area contributed by atoms with Crippen molar-refractivity contribution in [2.24, 2.45) is 0 Å². The number of aromatic nitrogens is 3. The van der Waals surface area contributed by atoms with Crippen LogP contribution in [0, 0.1) is 0 Å². The maximum absolute atomic E-state index is 6.62. The van der Waals surface area contributed by atoms with Gasteiger partial charge in [-0.1, -0.05) is 352 Å². The van der Waals surface area contributed by atoms with Gasteiger partial charge in [-0.15, -0.1) is 0 Å². The molecule has 0 amide bonds. The first kappa shape index (κ1) is 85.4. The van der Waals surface area contributed by atoms with E-state index < -0.39 is 0 Å². The van der Waals surface area contributed by atoms with E-state index in [4.69, 9.17) is 37.0 Å². The summed E-state index contributed by atoms with van der Waals surface area (Å²) in [5.41, 5.74) is 30.0. The minimum Gasteiger partial charge on any atom is -0.456 e. The molecule has 0 aliphatic heterocycles. The monoisotopic (exact) mass is 1870 g/mol. The largest absolute Gasteiger partial charge is 0.456 e. The predicted molar refractivity (Wildman–Crippen MR) is 604 cm³/mol. The van der Waals surface area contributed by atoms with Crippen LogP contribution in [0.3, 0.4) is 0 Å². The minimum atomic E-state index is 0.618. The van der Waals surface area contributed by atoms with E-state index in [0.29, 0.717) is 17.7 Å². The lowest BCUT2D eigenvalue weighted by Crippen LogP contribution is -2.10. The zero-order chi connectivity index (χ0) is 96.5. The van der Waals surface area contributed by atoms with Crippen LogP contribution in [-0.2, 0) is 0 Å². The number of nitrogens with zero attached hydrogens (tertiary/aromatic N) is 6. The molecule has 0 aliphatic carbocycles. The van der Waals surface area contributed by atoms with E-state index in [-0.39, 0.29) is 0 Å². The summed E-state index contributed by atoms with van der Waals surface area (Å²) in [5.74, 6) is 1.87. The molecule has 5 aromatic heterocycles. The van der Waals surface area contributed by atoms with Gasteiger partial charge in [-0.3, -0.25) is 0 Å². The molecule has 0 N–H and O–H groups in total. The molecule has 11 heteroatoms. The Morgan fingerprint density at radius 3 is 0.959 bits per heavy atom. The van der Waals surface area contributed by atoms with Gasteiger partial charge in [0.05, 0.1) is 16.8 Å². The number of fused-ring (bicyclic) bond motifs is 21. The lowest BCUT2D eigenvalue weighted by atomic mass is 9.99. The minimum absolute atomic E-state index is 0.618. The molecule has 29 aromatic rings. The van der Waals surface area contributed by atoms with Crippen molar-refractivity contribution in [3.8, 4) is 78.9 Å². The highest BCUT2D eigenvalue weighted by Gasteiger charge is 2.27. The molecule has 29 rings (SSSR count). The Morgan fingerprint density at radius 1 is 0.151 bits per heavy atom. The van der Waals surface area contributed by atoms with Crippen LogP contribution in [0.25, 0.3) is 221 Å². The smallest absolute Gasteiger partial charge is 0.227 e. The summed E-state index contributed by atoms with van der Waals surface area (Å²) in [6.07, 6.45) is 0. The van der Waals surface area contributed by atoms with Gasteiger partial charge in [0, 0.05) is 88.8 Å². The van der Waals surface area contributed by atoms with E-state index in [1.807, 2.05) is 127 Å². The second-order valence-corrected chi connectivity index (χ2v) is 36.8. The Labute approximate surface area is 839 Å². The van der Waals surface area contributed by atoms with Crippen LogP contribution < -0.4 is 14.7 Å². The van der Waals surface area contributed by atoms with E-state index >= 15 is 0 Å². The van der Waals surface area contributed by atoms with Crippen molar-refractivity contribution in [1.82, 2.24) is 15.0 Å². The predicted octanol–water partition coefficient (Wildman–Crippen LogP) is 38.3. The van der Waals surface area contributed by atoms with E-state index in [1.165, 1.54) is 27.8 Å². The Morgan fingerprint density at radius 2 is 0.473 bits per heavy atom. The highest BCUT2D eigenvalue weighted by Crippen LogP contribution is 2.51. The maximum Gasteiger partial charge on any atom is 0.227 e. The standard InChI is InChI=1S/2C45H28N2O2.C45H30N2O/c1-3-11-29(12-4-1)33-15-9-16-34(27-33)47(40-19-10-18-37-36-17-7-8-20-41(36)48-43(37)40)35-25-23-30-21-22-31-24-26-39-44(42(31)38(30)28-35)49-45(46-39)32-13-5-2-6-14-32;1-3-11-29(12-4-1)33-15-9-16-34(27-33)47(39-18-10-20-41-43(39)36-17-7-8-19-40(36)48-41)35-25-23-30-21-22-31-24-26-38-44(42(31)37(30)28-35)49-45(46-38)32-13-5-2-6-14-32;1-4-10-31(11-5-1)33-18-24-38(25-19-33)47(39-26-20-34(21-27-39)32-12-6-2-7-13-32)40-28-22-35-16-17-36-23-29-42-44(43(36)41(35)30-40)46-45(48-42)37-14-8-3-9-15-37/h2*1-28H;1-30H. The number of rotatable bonds is 16. The summed E-state index contributed by atoms with van der Waals surface area (Å²) >= 11 is 0. The first-order valence-corrected chi connectivity index (χ1v) is 49.1. The van der Waals surface area contributed by atoms with E-state index in [0.717, 1.165) is 226 Å². The van der Waals surface area contributed by atoms with Gasteiger partial charge in [0.25, 0.3) is 0 Å². The average Bonchev–Trinajstić information content (AvgIpc) is 1.52. The lowest BCUT2D eigenvalue weighted by Gasteiger charge is -2.27. The van der Waals surface area contributed by atoms with Gasteiger partial charge in [0.15, 0.2) is 22.3 Å². The van der Waals surface area contributed by atoms with E-state index in [2.05, 4.69) is 409 Å². The summed E-state index contributed by atoms with van der Waals surface area (Å²) in [6, 6.07) is 182. The van der Waals surface area contributed by atoms with Gasteiger partial charge >= 0.3 is 0 Å². The summed E-state index contributed by atoms with van der Waals surface area (Å²) in [6.45, 7) is 0. The number of hydrogen-bond donors (Lipinski definition) is 0. The van der Waals surface area contributed by atoms with Crippen molar-refractivity contribution in [2.45, 2.75) is 0 Å². The highest BCUT2D eigenvalue weighted by atomic mass is 16.4. The Bertz CT molecular complexity index is 9920. The average molecular weight is 1870 g/mol. The van der Waals surface area contributed by atoms with E-state index in [9.17, 15) is 0 Å². The number of anilines is 9. The number of oxazole rings is 3. The van der Waals surface area contributed by atoms with Crippen LogP contribution in [0.4, 0.5) is 51.2 Å². The van der Waals surface area contributed by atoms with Gasteiger partial charge in [-0.25, -0.2) is 15.0 Å². The number of hydrogen-bond acceptors (Lipinski definition) is 11. The van der Waals surface area contributed by atoms with Crippen LogP contribution in [0.1, 0.15) is 0 Å². The molecule has 11 nitrogen and oxygen atoms in total. The van der Waals surface area contributed by atoms with Crippen LogP contribution in [-0.4, -0.2) is 15.0 Å². The molecular weight excluding hydrogens is 1790 g/mol. The molecule has 24 aromatic carbocycles. The summed E-state index contributed by atoms with van der Waals surface area (Å²) < 4.78 is 32.4. The molecule has 0 atom stereocenters. The molecule has 0 unspecified atom stereocenters. The number of benzene rings is 24. The van der Waals surface area contributed by atoms with Crippen LogP contribution >= 0.6 is 0 Å². The van der Waals surface area contributed by atoms with Gasteiger partial charge in [-0.2, -0.15) is 0 Å². The molecule has 0 fully saturated rings. The van der Waals surface area contributed by atoms with Crippen molar-refractivity contribution < 1.29 is 22.1 Å². The fourth-order valence-corrected chi connectivity index (χ4v) is 21.0. The molecule has 686 valence electrons. The van der Waals surface area contributed by atoms with Crippen LogP contribution in [0.5, 0.6) is 0 Å². The van der Waals surface area contributed by atoms with Crippen molar-refractivity contribution >= 4 is 193 Å². The normalized spacial score (nSPS) is 11.6. The molecule has 0 saturated heterocycles. The van der Waals surface area contributed by atoms with Crippen molar-refractivity contribution in [3.63, 3.8) is 0 Å². The molecule has 0 spiro atoms. The summed E-state index contributed by atoms with van der Waals surface area (Å²) in [4.78, 5) is 21.8. The van der Waals surface area contributed by atoms with Gasteiger partial charge < -0.3 is 36.8 Å². The topological polar surface area (TPSA) is 114 Å².